The molecule has 0 aliphatic rings. The van der Waals surface area contributed by atoms with Crippen LogP contribution in [0.1, 0.15) is 393 Å². The van der Waals surface area contributed by atoms with Gasteiger partial charge in [0.15, 0.2) is 6.10 Å². The summed E-state index contributed by atoms with van der Waals surface area (Å²) in [5, 5.41) is 0. The molecule has 0 bridgehead atoms. The minimum absolute atomic E-state index is 0.0608. The van der Waals surface area contributed by atoms with E-state index in [0.717, 1.165) is 57.8 Å². The van der Waals surface area contributed by atoms with Gasteiger partial charge in [-0.15, -0.1) is 0 Å². The average molecular weight is 1030 g/mol. The summed E-state index contributed by atoms with van der Waals surface area (Å²) in [5.41, 5.74) is 0. The molecular weight excluding hydrogens is 901 g/mol. The van der Waals surface area contributed by atoms with Crippen molar-refractivity contribution in [1.29, 1.82) is 0 Å². The zero-order valence-electron chi connectivity index (χ0n) is 50.0. The van der Waals surface area contributed by atoms with Crippen molar-refractivity contribution in [2.75, 3.05) is 13.2 Å². The van der Waals surface area contributed by atoms with Crippen LogP contribution < -0.4 is 0 Å². The maximum absolute atomic E-state index is 12.9. The molecule has 0 N–H and O–H groups in total. The summed E-state index contributed by atoms with van der Waals surface area (Å²) < 4.78 is 16.9. The molecule has 0 saturated carbocycles. The summed E-state index contributed by atoms with van der Waals surface area (Å²) >= 11 is 0. The van der Waals surface area contributed by atoms with Crippen molar-refractivity contribution in [3.8, 4) is 0 Å². The first-order valence-electron chi connectivity index (χ1n) is 33.5. The molecule has 0 heterocycles. The average Bonchev–Trinajstić information content (AvgIpc) is 3.39. The molecule has 0 aliphatic carbocycles. The predicted octanol–water partition coefficient (Wildman–Crippen LogP) is 22.7. The molecule has 73 heavy (non-hydrogen) atoms. The molecule has 0 aromatic heterocycles. The molecule has 0 aromatic rings. The number of unbranched alkanes of at least 4 members (excludes halogenated alkanes) is 52. The van der Waals surface area contributed by atoms with E-state index in [1.807, 2.05) is 0 Å². The molecule has 0 aromatic carbocycles. The summed E-state index contributed by atoms with van der Waals surface area (Å²) in [6.07, 6.45) is 72.8. The van der Waals surface area contributed by atoms with Gasteiger partial charge in [-0.1, -0.05) is 355 Å². The van der Waals surface area contributed by atoms with Crippen LogP contribution in [0, 0.1) is 0 Å². The number of rotatable bonds is 63. The fourth-order valence-corrected chi connectivity index (χ4v) is 10.6. The summed E-state index contributed by atoms with van der Waals surface area (Å²) in [6, 6.07) is 0. The van der Waals surface area contributed by atoms with Gasteiger partial charge in [-0.2, -0.15) is 0 Å². The molecule has 0 saturated heterocycles. The Morgan fingerprint density at radius 2 is 0.370 bits per heavy atom. The van der Waals surface area contributed by atoms with E-state index in [2.05, 4.69) is 20.8 Å². The van der Waals surface area contributed by atoms with Crippen LogP contribution in [0.2, 0.25) is 0 Å². The Bertz CT molecular complexity index is 1090. The van der Waals surface area contributed by atoms with E-state index < -0.39 is 6.10 Å². The van der Waals surface area contributed by atoms with Gasteiger partial charge >= 0.3 is 17.9 Å². The molecule has 0 rings (SSSR count). The lowest BCUT2D eigenvalue weighted by molar-refractivity contribution is -0.167. The molecule has 6 nitrogen and oxygen atoms in total. The van der Waals surface area contributed by atoms with Gasteiger partial charge in [-0.05, 0) is 19.3 Å². The van der Waals surface area contributed by atoms with E-state index in [1.165, 1.54) is 295 Å². The van der Waals surface area contributed by atoms with Gasteiger partial charge in [-0.3, -0.25) is 14.4 Å². The van der Waals surface area contributed by atoms with Crippen LogP contribution in [0.15, 0.2) is 0 Å². The standard InChI is InChI=1S/C67H130O6/c1-4-7-10-13-16-19-22-25-26-27-28-29-30-31-32-33-34-35-36-37-38-39-40-43-45-48-51-54-57-60-66(69)72-63-64(73-67(70)61-58-55-52-49-46-42-24-21-18-15-12-9-6-3)62-71-65(68)59-56-53-50-47-44-41-23-20-17-14-11-8-5-2/h64H,4-63H2,1-3H3. The lowest BCUT2D eigenvalue weighted by Crippen LogP contribution is -2.30. The highest BCUT2D eigenvalue weighted by atomic mass is 16.6. The van der Waals surface area contributed by atoms with Crippen molar-refractivity contribution in [3.63, 3.8) is 0 Å². The van der Waals surface area contributed by atoms with E-state index in [4.69, 9.17) is 14.2 Å². The highest BCUT2D eigenvalue weighted by molar-refractivity contribution is 5.71. The van der Waals surface area contributed by atoms with Crippen molar-refractivity contribution >= 4 is 17.9 Å². The molecule has 0 amide bonds. The van der Waals surface area contributed by atoms with E-state index in [1.54, 1.807) is 0 Å². The first-order chi connectivity index (χ1) is 36.0. The van der Waals surface area contributed by atoms with Crippen molar-refractivity contribution in [1.82, 2.24) is 0 Å². The maximum Gasteiger partial charge on any atom is 0.306 e. The monoisotopic (exact) mass is 1030 g/mol. The Morgan fingerprint density at radius 3 is 0.548 bits per heavy atom. The molecular formula is C67H130O6. The van der Waals surface area contributed by atoms with Crippen LogP contribution in [-0.4, -0.2) is 37.2 Å². The van der Waals surface area contributed by atoms with Crippen LogP contribution in [0.25, 0.3) is 0 Å². The Morgan fingerprint density at radius 1 is 0.219 bits per heavy atom. The van der Waals surface area contributed by atoms with Gasteiger partial charge in [0.05, 0.1) is 0 Å². The fourth-order valence-electron chi connectivity index (χ4n) is 10.6. The fraction of sp³-hybridized carbons (Fsp3) is 0.955. The van der Waals surface area contributed by atoms with Crippen LogP contribution in [0.4, 0.5) is 0 Å². The van der Waals surface area contributed by atoms with Crippen LogP contribution in [-0.2, 0) is 28.6 Å². The van der Waals surface area contributed by atoms with Gasteiger partial charge in [0.25, 0.3) is 0 Å². The van der Waals surface area contributed by atoms with Gasteiger partial charge in [0.1, 0.15) is 13.2 Å². The SMILES string of the molecule is CCCCCCCCCCCCCCCCCCCCCCCCCCCCCCCC(=O)OCC(COC(=O)CCCCCCCCCCCCCCC)OC(=O)CCCCCCCCCCCCCCC. The Labute approximate surface area is 457 Å². The number of esters is 3. The molecule has 6 heteroatoms. The van der Waals surface area contributed by atoms with Crippen molar-refractivity contribution < 1.29 is 28.6 Å². The second kappa shape index (κ2) is 62.9. The molecule has 1 atom stereocenters. The van der Waals surface area contributed by atoms with Crippen molar-refractivity contribution in [2.45, 2.75) is 399 Å². The Kier molecular flexibility index (Phi) is 61.6. The predicted molar refractivity (Wildman–Crippen MR) is 317 cm³/mol. The van der Waals surface area contributed by atoms with Crippen molar-refractivity contribution in [3.05, 3.63) is 0 Å². The summed E-state index contributed by atoms with van der Waals surface area (Å²) in [6.45, 7) is 6.72. The molecule has 0 spiro atoms. The summed E-state index contributed by atoms with van der Waals surface area (Å²) in [4.78, 5) is 38.2. The van der Waals surface area contributed by atoms with Crippen LogP contribution >= 0.6 is 0 Å². The number of hydrogen-bond donors (Lipinski definition) is 0. The van der Waals surface area contributed by atoms with Crippen LogP contribution in [0.5, 0.6) is 0 Å². The quantitative estimate of drug-likeness (QED) is 0.0343. The summed E-state index contributed by atoms with van der Waals surface area (Å²) in [7, 11) is 0. The topological polar surface area (TPSA) is 78.9 Å². The van der Waals surface area contributed by atoms with E-state index in [0.29, 0.717) is 19.3 Å². The number of carbonyl (C=O) groups is 3. The minimum Gasteiger partial charge on any atom is -0.462 e. The molecule has 0 aliphatic heterocycles. The third-order valence-corrected chi connectivity index (χ3v) is 15.6. The van der Waals surface area contributed by atoms with Gasteiger partial charge in [0.2, 0.25) is 0 Å². The minimum atomic E-state index is -0.762. The van der Waals surface area contributed by atoms with Crippen molar-refractivity contribution in [2.24, 2.45) is 0 Å². The zero-order valence-corrected chi connectivity index (χ0v) is 50.0. The van der Waals surface area contributed by atoms with E-state index in [9.17, 15) is 14.4 Å². The normalized spacial score (nSPS) is 11.9. The molecule has 434 valence electrons. The van der Waals surface area contributed by atoms with Gasteiger partial charge in [-0.25, -0.2) is 0 Å². The third kappa shape index (κ3) is 61.1. The van der Waals surface area contributed by atoms with Gasteiger partial charge < -0.3 is 14.2 Å². The van der Waals surface area contributed by atoms with E-state index >= 15 is 0 Å². The van der Waals surface area contributed by atoms with Crippen LogP contribution in [0.3, 0.4) is 0 Å². The molecule has 0 fully saturated rings. The highest BCUT2D eigenvalue weighted by Crippen LogP contribution is 2.19. The molecule has 0 radical (unpaired) electrons. The smallest absolute Gasteiger partial charge is 0.306 e. The first kappa shape index (κ1) is 71.4. The Balaban J connectivity index is 4.07. The second-order valence-corrected chi connectivity index (χ2v) is 23.1. The zero-order chi connectivity index (χ0) is 52.9. The maximum atomic E-state index is 12.9. The number of carbonyl (C=O) groups excluding carboxylic acids is 3. The second-order valence-electron chi connectivity index (χ2n) is 23.1. The summed E-state index contributed by atoms with van der Waals surface area (Å²) in [5.74, 6) is -0.827. The lowest BCUT2D eigenvalue weighted by atomic mass is 10.0. The largest absolute Gasteiger partial charge is 0.462 e. The Hall–Kier alpha value is -1.59. The highest BCUT2D eigenvalue weighted by Gasteiger charge is 2.19. The van der Waals surface area contributed by atoms with E-state index in [-0.39, 0.29) is 31.1 Å². The molecule has 1 unspecified atom stereocenters. The number of hydrogen-bond acceptors (Lipinski definition) is 6. The lowest BCUT2D eigenvalue weighted by Gasteiger charge is -2.18. The van der Waals surface area contributed by atoms with Gasteiger partial charge in [0, 0.05) is 19.3 Å². The third-order valence-electron chi connectivity index (χ3n) is 15.6. The first-order valence-corrected chi connectivity index (χ1v) is 33.5. The number of ether oxygens (including phenoxy) is 3.